The summed E-state index contributed by atoms with van der Waals surface area (Å²) in [5.74, 6) is -0.0824. The zero-order valence-corrected chi connectivity index (χ0v) is 13.8. The van der Waals surface area contributed by atoms with Crippen LogP contribution in [-0.2, 0) is 11.3 Å². The molecule has 0 radical (unpaired) electrons. The van der Waals surface area contributed by atoms with Crippen LogP contribution in [-0.4, -0.2) is 30.6 Å². The number of nitrogens with one attached hydrogen (secondary N) is 3. The summed E-state index contributed by atoms with van der Waals surface area (Å²) in [6.07, 6.45) is 1.55. The number of carbonyl (C=O) groups excluding carboxylic acids is 2. The van der Waals surface area contributed by atoms with Crippen LogP contribution in [0.1, 0.15) is 5.56 Å². The second-order valence-electron chi connectivity index (χ2n) is 4.77. The first-order valence-corrected chi connectivity index (χ1v) is 7.51. The first-order valence-electron chi connectivity index (χ1n) is 7.13. The first kappa shape index (κ1) is 17.6. The molecule has 0 fully saturated rings. The Kier molecular flexibility index (Phi) is 6.39. The van der Waals surface area contributed by atoms with Gasteiger partial charge in [0.25, 0.3) is 0 Å². The van der Waals surface area contributed by atoms with Crippen LogP contribution in [0.3, 0.4) is 0 Å². The van der Waals surface area contributed by atoms with Crippen LogP contribution in [0.5, 0.6) is 5.88 Å². The van der Waals surface area contributed by atoms with E-state index >= 15 is 0 Å². The average molecular weight is 349 g/mol. The Balaban J connectivity index is 1.74. The third kappa shape index (κ3) is 5.44. The van der Waals surface area contributed by atoms with Crippen molar-refractivity contribution in [3.05, 3.63) is 53.2 Å². The maximum absolute atomic E-state index is 11.8. The molecule has 0 spiro atoms. The van der Waals surface area contributed by atoms with E-state index in [-0.39, 0.29) is 12.5 Å². The fourth-order valence-corrected chi connectivity index (χ4v) is 1.98. The van der Waals surface area contributed by atoms with Gasteiger partial charge in [-0.15, -0.1) is 0 Å². The zero-order chi connectivity index (χ0) is 17.4. The lowest BCUT2D eigenvalue weighted by Gasteiger charge is -2.10. The molecule has 0 unspecified atom stereocenters. The molecule has 0 bridgehead atoms. The molecule has 8 heteroatoms. The third-order valence-corrected chi connectivity index (χ3v) is 3.27. The fraction of sp³-hybridized carbons (Fsp3) is 0.188. The van der Waals surface area contributed by atoms with Crippen molar-refractivity contribution >= 4 is 29.2 Å². The predicted octanol–water partition coefficient (Wildman–Crippen LogP) is 2.18. The highest BCUT2D eigenvalue weighted by Crippen LogP contribution is 2.19. The molecule has 1 aromatic carbocycles. The minimum absolute atomic E-state index is 0.176. The summed E-state index contributed by atoms with van der Waals surface area (Å²) in [4.78, 5) is 27.5. The summed E-state index contributed by atoms with van der Waals surface area (Å²) in [6.45, 7) is 0.158. The van der Waals surface area contributed by atoms with Crippen molar-refractivity contribution in [2.45, 2.75) is 6.54 Å². The van der Waals surface area contributed by atoms with Crippen LogP contribution in [0.2, 0.25) is 5.02 Å². The van der Waals surface area contributed by atoms with Gasteiger partial charge in [-0.2, -0.15) is 0 Å². The number of benzene rings is 1. The van der Waals surface area contributed by atoms with Crippen LogP contribution in [0.15, 0.2) is 42.6 Å². The lowest BCUT2D eigenvalue weighted by Crippen LogP contribution is -2.39. The van der Waals surface area contributed by atoms with Gasteiger partial charge in [0.2, 0.25) is 11.8 Å². The number of carbonyl (C=O) groups is 2. The summed E-state index contributed by atoms with van der Waals surface area (Å²) in [7, 11) is 1.46. The minimum atomic E-state index is -0.446. The molecule has 1 heterocycles. The Morgan fingerprint density at radius 3 is 2.62 bits per heavy atom. The molecule has 0 atom stereocenters. The number of hydrogen-bond acceptors (Lipinski definition) is 4. The first-order chi connectivity index (χ1) is 11.6. The molecule has 2 rings (SSSR count). The number of ether oxygens (including phenoxy) is 1. The molecule has 3 amide bonds. The lowest BCUT2D eigenvalue weighted by atomic mass is 10.2. The maximum atomic E-state index is 11.8. The van der Waals surface area contributed by atoms with Crippen molar-refractivity contribution in [3.63, 3.8) is 0 Å². The van der Waals surface area contributed by atoms with Gasteiger partial charge in [-0.05, 0) is 29.8 Å². The van der Waals surface area contributed by atoms with E-state index in [4.69, 9.17) is 16.3 Å². The molecule has 2 aromatic rings. The van der Waals surface area contributed by atoms with Crippen molar-refractivity contribution in [1.82, 2.24) is 15.6 Å². The van der Waals surface area contributed by atoms with E-state index in [1.807, 2.05) is 12.1 Å². The van der Waals surface area contributed by atoms with Crippen LogP contribution < -0.4 is 20.7 Å². The Morgan fingerprint density at radius 2 is 1.92 bits per heavy atom. The van der Waals surface area contributed by atoms with E-state index in [1.54, 1.807) is 30.5 Å². The van der Waals surface area contributed by atoms with Crippen LogP contribution in [0.25, 0.3) is 0 Å². The van der Waals surface area contributed by atoms with Gasteiger partial charge in [-0.25, -0.2) is 9.78 Å². The van der Waals surface area contributed by atoms with E-state index in [9.17, 15) is 9.59 Å². The summed E-state index contributed by atoms with van der Waals surface area (Å²) in [5, 5.41) is 8.37. The molecule has 0 aliphatic carbocycles. The monoisotopic (exact) mass is 348 g/mol. The van der Waals surface area contributed by atoms with E-state index in [2.05, 4.69) is 20.9 Å². The minimum Gasteiger partial charge on any atom is -0.480 e. The number of urea groups is 1. The number of halogens is 1. The van der Waals surface area contributed by atoms with Gasteiger partial charge < -0.3 is 20.7 Å². The topological polar surface area (TPSA) is 92.3 Å². The summed E-state index contributed by atoms with van der Waals surface area (Å²) in [6, 6.07) is 9.98. The number of aromatic nitrogens is 1. The number of amides is 3. The summed E-state index contributed by atoms with van der Waals surface area (Å²) >= 11 is 5.79. The van der Waals surface area contributed by atoms with Crippen LogP contribution in [0, 0.1) is 0 Å². The molecule has 0 aliphatic heterocycles. The van der Waals surface area contributed by atoms with Gasteiger partial charge in [-0.1, -0.05) is 23.7 Å². The second kappa shape index (κ2) is 8.73. The van der Waals surface area contributed by atoms with E-state index in [0.717, 1.165) is 5.56 Å². The molecule has 0 aliphatic rings. The molecule has 126 valence electrons. The van der Waals surface area contributed by atoms with Crippen molar-refractivity contribution in [2.24, 2.45) is 0 Å². The molecule has 1 aromatic heterocycles. The Morgan fingerprint density at radius 1 is 1.17 bits per heavy atom. The molecule has 24 heavy (non-hydrogen) atoms. The quantitative estimate of drug-likeness (QED) is 0.746. The third-order valence-electron chi connectivity index (χ3n) is 3.01. The molecule has 0 saturated carbocycles. The highest BCUT2D eigenvalue weighted by Gasteiger charge is 2.09. The Labute approximate surface area is 144 Å². The van der Waals surface area contributed by atoms with E-state index in [1.165, 1.54) is 7.11 Å². The fourth-order valence-electron chi connectivity index (χ4n) is 1.85. The Hall–Kier alpha value is -2.80. The normalized spacial score (nSPS) is 9.92. The second-order valence-corrected chi connectivity index (χ2v) is 5.21. The van der Waals surface area contributed by atoms with Gasteiger partial charge in [0.15, 0.2) is 0 Å². The molecule has 3 N–H and O–H groups in total. The van der Waals surface area contributed by atoms with Crippen molar-refractivity contribution in [1.29, 1.82) is 0 Å². The molecule has 7 nitrogen and oxygen atoms in total. The maximum Gasteiger partial charge on any atom is 0.315 e. The average Bonchev–Trinajstić information content (AvgIpc) is 2.60. The summed E-state index contributed by atoms with van der Waals surface area (Å²) < 4.78 is 5.03. The van der Waals surface area contributed by atoms with Gasteiger partial charge in [-0.3, -0.25) is 4.79 Å². The van der Waals surface area contributed by atoms with Crippen molar-refractivity contribution in [2.75, 3.05) is 19.0 Å². The number of anilines is 1. The van der Waals surface area contributed by atoms with Crippen LogP contribution in [0.4, 0.5) is 10.5 Å². The van der Waals surface area contributed by atoms with E-state index in [0.29, 0.717) is 23.1 Å². The van der Waals surface area contributed by atoms with Crippen molar-refractivity contribution in [3.8, 4) is 5.88 Å². The summed E-state index contributed by atoms with van der Waals surface area (Å²) in [5.41, 5.74) is 1.34. The molecule has 0 saturated heterocycles. The predicted molar refractivity (Wildman–Crippen MR) is 91.1 cm³/mol. The number of hydrogen-bond donors (Lipinski definition) is 3. The van der Waals surface area contributed by atoms with Gasteiger partial charge in [0.1, 0.15) is 5.69 Å². The largest absolute Gasteiger partial charge is 0.480 e. The zero-order valence-electron chi connectivity index (χ0n) is 13.0. The number of nitrogens with zero attached hydrogens (tertiary/aromatic N) is 1. The van der Waals surface area contributed by atoms with Crippen molar-refractivity contribution < 1.29 is 14.3 Å². The van der Waals surface area contributed by atoms with Crippen LogP contribution >= 0.6 is 11.6 Å². The van der Waals surface area contributed by atoms with Gasteiger partial charge >= 0.3 is 6.03 Å². The Bertz CT molecular complexity index is 707. The number of rotatable bonds is 6. The SMILES string of the molecule is COc1ncccc1NC(=O)CNC(=O)NCc1ccc(Cl)cc1. The smallest absolute Gasteiger partial charge is 0.315 e. The highest BCUT2D eigenvalue weighted by molar-refractivity contribution is 6.30. The molecular weight excluding hydrogens is 332 g/mol. The number of pyridine rings is 1. The number of methoxy groups -OCH3 is 1. The lowest BCUT2D eigenvalue weighted by molar-refractivity contribution is -0.115. The van der Waals surface area contributed by atoms with E-state index < -0.39 is 6.03 Å². The molecular formula is C16H17ClN4O3. The van der Waals surface area contributed by atoms with Gasteiger partial charge in [0, 0.05) is 17.8 Å². The van der Waals surface area contributed by atoms with Gasteiger partial charge in [0.05, 0.1) is 13.7 Å². The highest BCUT2D eigenvalue weighted by atomic mass is 35.5. The standard InChI is InChI=1S/C16H17ClN4O3/c1-24-15-13(3-2-8-18-15)21-14(22)10-20-16(23)19-9-11-4-6-12(17)7-5-11/h2-8H,9-10H2,1H3,(H,21,22)(H2,19,20,23).